The summed E-state index contributed by atoms with van der Waals surface area (Å²) in [7, 11) is 1.61. The number of carbonyl (C=O) groups is 1. The van der Waals surface area contributed by atoms with E-state index >= 15 is 0 Å². The lowest BCUT2D eigenvalue weighted by atomic mass is 9.93. The van der Waals surface area contributed by atoms with Gasteiger partial charge in [0, 0.05) is 31.2 Å². The van der Waals surface area contributed by atoms with Crippen molar-refractivity contribution in [3.8, 4) is 0 Å². The Morgan fingerprint density at radius 3 is 3.09 bits per heavy atom. The molecule has 1 saturated heterocycles. The number of nitrogens with zero attached hydrogens (tertiary/aromatic N) is 4. The van der Waals surface area contributed by atoms with Crippen molar-refractivity contribution in [2.45, 2.75) is 25.8 Å². The predicted octanol–water partition coefficient (Wildman–Crippen LogP) is 1.75. The van der Waals surface area contributed by atoms with Crippen LogP contribution in [0.3, 0.4) is 0 Å². The van der Waals surface area contributed by atoms with Crippen molar-refractivity contribution in [2.75, 3.05) is 20.1 Å². The Labute approximate surface area is 140 Å². The van der Waals surface area contributed by atoms with E-state index in [9.17, 15) is 4.79 Å². The summed E-state index contributed by atoms with van der Waals surface area (Å²) in [5.41, 5.74) is 4.42. The Hall–Kier alpha value is -1.86. The SMILES string of the molecule is CNC(=O)c1cc(CC2CCCN(Cc3cscn3)C2)ncn1. The van der Waals surface area contributed by atoms with Crippen LogP contribution >= 0.6 is 11.3 Å². The van der Waals surface area contributed by atoms with Gasteiger partial charge in [-0.25, -0.2) is 15.0 Å². The van der Waals surface area contributed by atoms with Gasteiger partial charge in [0.25, 0.3) is 5.91 Å². The lowest BCUT2D eigenvalue weighted by molar-refractivity contribution is 0.0957. The van der Waals surface area contributed by atoms with E-state index in [0.717, 1.165) is 37.4 Å². The molecule has 1 unspecified atom stereocenters. The molecule has 7 heteroatoms. The van der Waals surface area contributed by atoms with Gasteiger partial charge in [-0.3, -0.25) is 9.69 Å². The van der Waals surface area contributed by atoms with E-state index in [0.29, 0.717) is 11.6 Å². The standard InChI is InChI=1S/C16H21N5OS/c1-17-16(22)15-6-13(18-10-19-15)5-12-3-2-4-21(7-12)8-14-9-23-11-20-14/h6,9-12H,2-5,7-8H2,1H3,(H,17,22). The van der Waals surface area contributed by atoms with Gasteiger partial charge in [-0.05, 0) is 37.8 Å². The predicted molar refractivity (Wildman–Crippen MR) is 89.2 cm³/mol. The molecular weight excluding hydrogens is 310 g/mol. The van der Waals surface area contributed by atoms with Crippen molar-refractivity contribution >= 4 is 17.2 Å². The molecule has 1 amide bonds. The molecule has 2 aromatic rings. The third kappa shape index (κ3) is 4.33. The minimum absolute atomic E-state index is 0.164. The van der Waals surface area contributed by atoms with Crippen molar-refractivity contribution in [3.63, 3.8) is 0 Å². The van der Waals surface area contributed by atoms with Gasteiger partial charge < -0.3 is 5.32 Å². The molecule has 1 fully saturated rings. The van der Waals surface area contributed by atoms with Crippen LogP contribution < -0.4 is 5.32 Å². The molecule has 3 rings (SSSR count). The van der Waals surface area contributed by atoms with Gasteiger partial charge in [-0.1, -0.05) is 0 Å². The van der Waals surface area contributed by atoms with Gasteiger partial charge in [0.1, 0.15) is 12.0 Å². The summed E-state index contributed by atoms with van der Waals surface area (Å²) in [6, 6.07) is 1.80. The second kappa shape index (κ2) is 7.61. The van der Waals surface area contributed by atoms with E-state index < -0.39 is 0 Å². The minimum atomic E-state index is -0.164. The van der Waals surface area contributed by atoms with Crippen LogP contribution in [0.15, 0.2) is 23.3 Å². The average Bonchev–Trinajstić information content (AvgIpc) is 3.07. The van der Waals surface area contributed by atoms with Gasteiger partial charge in [0.05, 0.1) is 11.2 Å². The van der Waals surface area contributed by atoms with Gasteiger partial charge in [0.2, 0.25) is 0 Å². The molecule has 122 valence electrons. The number of carbonyl (C=O) groups excluding carboxylic acids is 1. The molecule has 0 aliphatic carbocycles. The summed E-state index contributed by atoms with van der Waals surface area (Å²) in [5.74, 6) is 0.400. The van der Waals surface area contributed by atoms with Crippen LogP contribution in [0.25, 0.3) is 0 Å². The average molecular weight is 331 g/mol. The minimum Gasteiger partial charge on any atom is -0.354 e. The molecule has 0 radical (unpaired) electrons. The fourth-order valence-electron chi connectivity index (χ4n) is 3.06. The van der Waals surface area contributed by atoms with Crippen molar-refractivity contribution in [3.05, 3.63) is 40.4 Å². The number of piperidine rings is 1. The van der Waals surface area contributed by atoms with Crippen LogP contribution in [0, 0.1) is 5.92 Å². The van der Waals surface area contributed by atoms with E-state index in [1.807, 2.05) is 5.51 Å². The van der Waals surface area contributed by atoms with Gasteiger partial charge in [-0.2, -0.15) is 0 Å². The fraction of sp³-hybridized carbons (Fsp3) is 0.500. The van der Waals surface area contributed by atoms with E-state index in [-0.39, 0.29) is 5.91 Å². The first kappa shape index (κ1) is 16.0. The van der Waals surface area contributed by atoms with Crippen LogP contribution in [-0.2, 0) is 13.0 Å². The van der Waals surface area contributed by atoms with Gasteiger partial charge in [0.15, 0.2) is 0 Å². The third-order valence-electron chi connectivity index (χ3n) is 4.15. The number of rotatable bonds is 5. The molecule has 0 aromatic carbocycles. The molecule has 1 aliphatic rings. The van der Waals surface area contributed by atoms with Crippen LogP contribution in [0.5, 0.6) is 0 Å². The molecule has 0 bridgehead atoms. The summed E-state index contributed by atoms with van der Waals surface area (Å²) in [4.78, 5) is 26.9. The van der Waals surface area contributed by atoms with Crippen LogP contribution in [0.2, 0.25) is 0 Å². The zero-order valence-corrected chi connectivity index (χ0v) is 14.1. The summed E-state index contributed by atoms with van der Waals surface area (Å²) in [5, 5.41) is 4.72. The van der Waals surface area contributed by atoms with Crippen molar-refractivity contribution in [2.24, 2.45) is 5.92 Å². The first-order valence-corrected chi connectivity index (χ1v) is 8.81. The highest BCUT2D eigenvalue weighted by Gasteiger charge is 2.21. The molecule has 3 heterocycles. The molecule has 2 aromatic heterocycles. The summed E-state index contributed by atoms with van der Waals surface area (Å²) in [6.07, 6.45) is 4.77. The van der Waals surface area contributed by atoms with E-state index in [1.165, 1.54) is 19.2 Å². The quantitative estimate of drug-likeness (QED) is 0.904. The smallest absolute Gasteiger partial charge is 0.269 e. The third-order valence-corrected chi connectivity index (χ3v) is 4.79. The molecule has 6 nitrogen and oxygen atoms in total. The first-order chi connectivity index (χ1) is 11.2. The highest BCUT2D eigenvalue weighted by atomic mass is 32.1. The maximum atomic E-state index is 11.7. The van der Waals surface area contributed by atoms with Crippen LogP contribution in [-0.4, -0.2) is 45.9 Å². The first-order valence-electron chi connectivity index (χ1n) is 7.87. The summed E-state index contributed by atoms with van der Waals surface area (Å²) in [6.45, 7) is 3.10. The van der Waals surface area contributed by atoms with E-state index in [1.54, 1.807) is 24.5 Å². The van der Waals surface area contributed by atoms with E-state index in [4.69, 9.17) is 0 Å². The lowest BCUT2D eigenvalue weighted by Crippen LogP contribution is -2.36. The van der Waals surface area contributed by atoms with Crippen molar-refractivity contribution in [1.29, 1.82) is 0 Å². The van der Waals surface area contributed by atoms with Crippen LogP contribution in [0.4, 0.5) is 0 Å². The zero-order valence-electron chi connectivity index (χ0n) is 13.2. The number of hydrogen-bond donors (Lipinski definition) is 1. The Balaban J connectivity index is 1.60. The Bertz CT molecular complexity index is 646. The molecular formula is C16H21N5OS. The maximum Gasteiger partial charge on any atom is 0.269 e. The monoisotopic (exact) mass is 331 g/mol. The topological polar surface area (TPSA) is 71.0 Å². The Morgan fingerprint density at radius 2 is 2.30 bits per heavy atom. The molecule has 23 heavy (non-hydrogen) atoms. The van der Waals surface area contributed by atoms with Gasteiger partial charge >= 0.3 is 0 Å². The lowest BCUT2D eigenvalue weighted by Gasteiger charge is -2.32. The Morgan fingerprint density at radius 1 is 1.39 bits per heavy atom. The number of nitrogens with one attached hydrogen (secondary N) is 1. The fourth-order valence-corrected chi connectivity index (χ4v) is 3.61. The second-order valence-corrected chi connectivity index (χ2v) is 6.62. The zero-order chi connectivity index (χ0) is 16.1. The van der Waals surface area contributed by atoms with Crippen molar-refractivity contribution < 1.29 is 4.79 Å². The summed E-state index contributed by atoms with van der Waals surface area (Å²) < 4.78 is 0. The Kier molecular flexibility index (Phi) is 5.30. The van der Waals surface area contributed by atoms with E-state index in [2.05, 4.69) is 30.5 Å². The molecule has 1 N–H and O–H groups in total. The number of amides is 1. The highest BCUT2D eigenvalue weighted by Crippen LogP contribution is 2.21. The largest absolute Gasteiger partial charge is 0.354 e. The molecule has 1 atom stereocenters. The molecule has 0 spiro atoms. The maximum absolute atomic E-state index is 11.7. The number of hydrogen-bond acceptors (Lipinski definition) is 6. The number of aromatic nitrogens is 3. The second-order valence-electron chi connectivity index (χ2n) is 5.90. The number of likely N-dealkylation sites (tertiary alicyclic amines) is 1. The molecule has 1 aliphatic heterocycles. The van der Waals surface area contributed by atoms with Crippen LogP contribution in [0.1, 0.15) is 34.7 Å². The summed E-state index contributed by atoms with van der Waals surface area (Å²) >= 11 is 1.65. The van der Waals surface area contributed by atoms with Gasteiger partial charge in [-0.15, -0.1) is 11.3 Å². The normalized spacial score (nSPS) is 18.7. The molecule has 0 saturated carbocycles. The highest BCUT2D eigenvalue weighted by molar-refractivity contribution is 7.07. The van der Waals surface area contributed by atoms with Crippen molar-refractivity contribution in [1.82, 2.24) is 25.2 Å². The number of thiazole rings is 1.